The zero-order chi connectivity index (χ0) is 30.5. The Morgan fingerprint density at radius 3 is 2.07 bits per heavy atom. The molecule has 1 aromatic heterocycles. The van der Waals surface area contributed by atoms with Gasteiger partial charge < -0.3 is 14.2 Å². The van der Waals surface area contributed by atoms with Crippen LogP contribution in [0.1, 0.15) is 131 Å². The SMILES string of the molecule is CCCCCCCCCCCCCCC(=O)O[C@@H]1[C@@H](CC)O[C@@H](n2ccc(NC(=O)OC(C)(C)C)nc2=O)C1(F)F. The van der Waals surface area contributed by atoms with Crippen LogP contribution in [0.3, 0.4) is 0 Å². The number of aromatic nitrogens is 2. The van der Waals surface area contributed by atoms with Crippen LogP contribution in [0.15, 0.2) is 17.1 Å². The number of carbonyl (C=O) groups is 2. The molecule has 1 amide bonds. The van der Waals surface area contributed by atoms with Crippen LogP contribution in [-0.4, -0.2) is 45.3 Å². The molecule has 0 spiro atoms. The lowest BCUT2D eigenvalue weighted by molar-refractivity contribution is -0.176. The van der Waals surface area contributed by atoms with Gasteiger partial charge in [-0.1, -0.05) is 84.5 Å². The van der Waals surface area contributed by atoms with Crippen molar-refractivity contribution in [3.63, 3.8) is 0 Å². The molecule has 0 aromatic carbocycles. The molecule has 2 rings (SSSR count). The average molecular weight is 586 g/mol. The van der Waals surface area contributed by atoms with E-state index in [-0.39, 0.29) is 18.7 Å². The van der Waals surface area contributed by atoms with Gasteiger partial charge >= 0.3 is 23.7 Å². The molecule has 0 aliphatic carbocycles. The van der Waals surface area contributed by atoms with Crippen LogP contribution < -0.4 is 11.0 Å². The van der Waals surface area contributed by atoms with Crippen LogP contribution in [0.25, 0.3) is 0 Å². The van der Waals surface area contributed by atoms with Crippen molar-refractivity contribution in [2.75, 3.05) is 5.32 Å². The number of anilines is 1. The van der Waals surface area contributed by atoms with Crippen LogP contribution >= 0.6 is 0 Å². The van der Waals surface area contributed by atoms with E-state index in [9.17, 15) is 14.4 Å². The molecule has 11 heteroatoms. The lowest BCUT2D eigenvalue weighted by Gasteiger charge is -2.24. The molecule has 1 saturated heterocycles. The van der Waals surface area contributed by atoms with Crippen molar-refractivity contribution in [2.45, 2.75) is 154 Å². The van der Waals surface area contributed by atoms with E-state index in [1.165, 1.54) is 57.4 Å². The maximum Gasteiger partial charge on any atom is 0.413 e. The van der Waals surface area contributed by atoms with Crippen molar-refractivity contribution in [2.24, 2.45) is 0 Å². The minimum Gasteiger partial charge on any atom is -0.453 e. The fourth-order valence-corrected chi connectivity index (χ4v) is 4.81. The van der Waals surface area contributed by atoms with E-state index in [4.69, 9.17) is 14.2 Å². The first-order valence-electron chi connectivity index (χ1n) is 15.2. The summed E-state index contributed by atoms with van der Waals surface area (Å²) in [6.45, 7) is 8.87. The Bertz CT molecular complexity index is 1010. The number of hydrogen-bond donors (Lipinski definition) is 1. The predicted molar refractivity (Wildman–Crippen MR) is 153 cm³/mol. The summed E-state index contributed by atoms with van der Waals surface area (Å²) in [5, 5.41) is 2.30. The van der Waals surface area contributed by atoms with Crippen molar-refractivity contribution in [1.82, 2.24) is 9.55 Å². The number of ether oxygens (including phenoxy) is 3. The fourth-order valence-electron chi connectivity index (χ4n) is 4.81. The summed E-state index contributed by atoms with van der Waals surface area (Å²) in [6.07, 6.45) is 9.20. The van der Waals surface area contributed by atoms with E-state index >= 15 is 8.78 Å². The third-order valence-electron chi connectivity index (χ3n) is 6.96. The van der Waals surface area contributed by atoms with Crippen LogP contribution in [0.5, 0.6) is 0 Å². The lowest BCUT2D eigenvalue weighted by atomic mass is 10.0. The minimum absolute atomic E-state index is 0.0532. The summed E-state index contributed by atoms with van der Waals surface area (Å²) in [5.74, 6) is -4.52. The molecule has 0 radical (unpaired) electrons. The van der Waals surface area contributed by atoms with Gasteiger partial charge in [0, 0.05) is 12.6 Å². The molecule has 9 nitrogen and oxygen atoms in total. The van der Waals surface area contributed by atoms with Gasteiger partial charge in [-0.25, -0.2) is 9.59 Å². The van der Waals surface area contributed by atoms with Crippen LogP contribution in [0.2, 0.25) is 0 Å². The maximum atomic E-state index is 15.4. The van der Waals surface area contributed by atoms with Gasteiger partial charge in [0.15, 0.2) is 6.10 Å². The van der Waals surface area contributed by atoms with Gasteiger partial charge in [-0.15, -0.1) is 0 Å². The van der Waals surface area contributed by atoms with E-state index in [1.807, 2.05) is 0 Å². The third kappa shape index (κ3) is 11.7. The molecular weight excluding hydrogens is 536 g/mol. The zero-order valence-corrected chi connectivity index (χ0v) is 25.4. The van der Waals surface area contributed by atoms with Gasteiger partial charge in [0.05, 0.1) is 0 Å². The van der Waals surface area contributed by atoms with Crippen molar-refractivity contribution < 1.29 is 32.6 Å². The molecule has 0 bridgehead atoms. The first kappa shape index (κ1) is 34.6. The largest absolute Gasteiger partial charge is 0.453 e. The average Bonchev–Trinajstić information content (AvgIpc) is 3.12. The fraction of sp³-hybridized carbons (Fsp3) is 0.800. The molecule has 41 heavy (non-hydrogen) atoms. The number of carbonyl (C=O) groups excluding carboxylic acids is 2. The van der Waals surface area contributed by atoms with Crippen molar-refractivity contribution in [3.8, 4) is 0 Å². The molecule has 3 atom stereocenters. The number of nitrogens with one attached hydrogen (secondary N) is 1. The molecule has 1 aromatic rings. The number of hydrogen-bond acceptors (Lipinski definition) is 7. The summed E-state index contributed by atoms with van der Waals surface area (Å²) in [5.41, 5.74) is -1.82. The number of alkyl halides is 2. The van der Waals surface area contributed by atoms with Gasteiger partial charge in [0.1, 0.15) is 17.5 Å². The van der Waals surface area contributed by atoms with Crippen molar-refractivity contribution in [1.29, 1.82) is 0 Å². The topological polar surface area (TPSA) is 109 Å². The maximum absolute atomic E-state index is 15.4. The van der Waals surface area contributed by atoms with Gasteiger partial charge in [-0.05, 0) is 39.7 Å². The Kier molecular flexibility index (Phi) is 14.2. The molecule has 0 saturated carbocycles. The lowest BCUT2D eigenvalue weighted by Crippen LogP contribution is -2.43. The summed E-state index contributed by atoms with van der Waals surface area (Å²) in [4.78, 5) is 40.6. The molecule has 0 unspecified atom stereocenters. The quantitative estimate of drug-likeness (QED) is 0.149. The van der Waals surface area contributed by atoms with Gasteiger partial charge in [-0.2, -0.15) is 13.8 Å². The Balaban J connectivity index is 1.82. The molecule has 2 heterocycles. The molecule has 1 N–H and O–H groups in total. The monoisotopic (exact) mass is 585 g/mol. The second kappa shape index (κ2) is 16.8. The first-order chi connectivity index (χ1) is 19.4. The van der Waals surface area contributed by atoms with Crippen LogP contribution in [-0.2, 0) is 19.0 Å². The highest BCUT2D eigenvalue weighted by Crippen LogP contribution is 2.45. The number of nitrogens with zero attached hydrogens (tertiary/aromatic N) is 2. The van der Waals surface area contributed by atoms with Gasteiger partial charge in [0.25, 0.3) is 0 Å². The zero-order valence-electron chi connectivity index (χ0n) is 25.4. The summed E-state index contributed by atoms with van der Waals surface area (Å²) in [6, 6.07) is 1.19. The van der Waals surface area contributed by atoms with E-state index in [0.29, 0.717) is 11.0 Å². The molecule has 234 valence electrons. The van der Waals surface area contributed by atoms with E-state index in [1.54, 1.807) is 27.7 Å². The molecular formula is C30H49F2N3O6. The molecule has 1 fully saturated rings. The van der Waals surface area contributed by atoms with Crippen molar-refractivity contribution >= 4 is 17.9 Å². The second-order valence-electron chi connectivity index (χ2n) is 11.8. The second-order valence-corrected chi connectivity index (χ2v) is 11.8. The number of rotatable bonds is 17. The highest BCUT2D eigenvalue weighted by molar-refractivity contribution is 5.83. The van der Waals surface area contributed by atoms with Crippen LogP contribution in [0.4, 0.5) is 19.4 Å². The van der Waals surface area contributed by atoms with E-state index in [2.05, 4.69) is 17.2 Å². The van der Waals surface area contributed by atoms with Gasteiger partial charge in [-0.3, -0.25) is 14.7 Å². The van der Waals surface area contributed by atoms with E-state index < -0.39 is 47.7 Å². The van der Waals surface area contributed by atoms with Crippen LogP contribution in [0, 0.1) is 0 Å². The smallest absolute Gasteiger partial charge is 0.413 e. The number of amides is 1. The van der Waals surface area contributed by atoms with E-state index in [0.717, 1.165) is 25.5 Å². The normalized spacial score (nSPS) is 20.1. The predicted octanol–water partition coefficient (Wildman–Crippen LogP) is 7.54. The number of halogens is 2. The summed E-state index contributed by atoms with van der Waals surface area (Å²) < 4.78 is 47.3. The number of unbranched alkanes of at least 4 members (excludes halogenated alkanes) is 11. The Morgan fingerprint density at radius 2 is 1.56 bits per heavy atom. The first-order valence-corrected chi connectivity index (χ1v) is 15.2. The minimum atomic E-state index is -3.67. The standard InChI is InChI=1S/C30H49F2N3O6/c1-6-8-9-10-11-12-13-14-15-16-17-18-19-24(36)40-25-22(7-2)39-26(30(25,31)32)35-21-20-23(33-27(35)37)34-28(38)41-29(3,4)5/h20-22,25-26H,6-19H2,1-5H3,(H,33,34,37,38)/t22-,25-,26-/m1/s1. The summed E-state index contributed by atoms with van der Waals surface area (Å²) >= 11 is 0. The Hall–Kier alpha value is -2.56. The highest BCUT2D eigenvalue weighted by atomic mass is 19.3. The Morgan fingerprint density at radius 1 is 1.00 bits per heavy atom. The third-order valence-corrected chi connectivity index (χ3v) is 6.96. The highest BCUT2D eigenvalue weighted by Gasteiger charge is 2.61. The van der Waals surface area contributed by atoms with Gasteiger partial charge in [0.2, 0.25) is 6.23 Å². The molecule has 1 aliphatic rings. The number of esters is 1. The molecule has 1 aliphatic heterocycles. The summed E-state index contributed by atoms with van der Waals surface area (Å²) in [7, 11) is 0. The van der Waals surface area contributed by atoms with Crippen molar-refractivity contribution in [3.05, 3.63) is 22.7 Å². The Labute approximate surface area is 242 Å².